The first-order valence-corrected chi connectivity index (χ1v) is 6.75. The van der Waals surface area contributed by atoms with Crippen LogP contribution in [0.4, 0.5) is 0 Å². The second kappa shape index (κ2) is 4.08. The molecule has 0 aromatic carbocycles. The maximum absolute atomic E-state index is 4.61. The molecule has 1 fully saturated rings. The second-order valence-corrected chi connectivity index (χ2v) is 7.14. The van der Waals surface area contributed by atoms with Crippen LogP contribution in [0.2, 0.25) is 0 Å². The number of nitrogens with one attached hydrogen (secondary N) is 1. The molecule has 16 heavy (non-hydrogen) atoms. The highest BCUT2D eigenvalue weighted by molar-refractivity contribution is 8.00. The van der Waals surface area contributed by atoms with Crippen molar-refractivity contribution >= 4 is 11.8 Å². The van der Waals surface area contributed by atoms with Gasteiger partial charge in [-0.25, -0.2) is 0 Å². The minimum Gasteiger partial charge on any atom is -0.300 e. The van der Waals surface area contributed by atoms with Crippen LogP contribution in [0.5, 0.6) is 0 Å². The summed E-state index contributed by atoms with van der Waals surface area (Å²) in [6.45, 7) is 10.0. The molecule has 90 valence electrons. The molecule has 1 aromatic rings. The number of hydrogen-bond acceptors (Lipinski definition) is 3. The van der Waals surface area contributed by atoms with E-state index in [1.165, 1.54) is 11.3 Å². The van der Waals surface area contributed by atoms with Gasteiger partial charge in [-0.2, -0.15) is 5.10 Å². The smallest absolute Gasteiger partial charge is 0.0826 e. The van der Waals surface area contributed by atoms with Crippen LogP contribution in [-0.2, 0) is 12.5 Å². The van der Waals surface area contributed by atoms with Crippen molar-refractivity contribution in [3.05, 3.63) is 17.5 Å². The molecule has 0 aliphatic carbocycles. The molecule has 4 heteroatoms. The van der Waals surface area contributed by atoms with Gasteiger partial charge in [0.15, 0.2) is 0 Å². The molecular formula is C12H21N3S. The molecule has 2 unspecified atom stereocenters. The van der Waals surface area contributed by atoms with E-state index in [1.807, 2.05) is 23.5 Å². The Bertz CT molecular complexity index is 378. The largest absolute Gasteiger partial charge is 0.300 e. The Morgan fingerprint density at radius 2 is 2.19 bits per heavy atom. The Morgan fingerprint density at radius 1 is 1.50 bits per heavy atom. The first kappa shape index (κ1) is 12.0. The van der Waals surface area contributed by atoms with Crippen molar-refractivity contribution in [2.75, 3.05) is 6.54 Å². The van der Waals surface area contributed by atoms with Crippen molar-refractivity contribution in [3.8, 4) is 0 Å². The van der Waals surface area contributed by atoms with E-state index in [4.69, 9.17) is 0 Å². The zero-order chi connectivity index (χ0) is 11.9. The zero-order valence-corrected chi connectivity index (χ0v) is 11.6. The number of thioether (sulfide) groups is 1. The lowest BCUT2D eigenvalue weighted by molar-refractivity contribution is 0.544. The Balaban J connectivity index is 2.33. The maximum Gasteiger partial charge on any atom is 0.0826 e. The van der Waals surface area contributed by atoms with Gasteiger partial charge in [0.25, 0.3) is 0 Å². The van der Waals surface area contributed by atoms with Crippen molar-refractivity contribution in [2.24, 2.45) is 7.05 Å². The lowest BCUT2D eigenvalue weighted by Gasteiger charge is -2.20. The summed E-state index contributed by atoms with van der Waals surface area (Å²) >= 11 is 2.00. The fraction of sp³-hybridized carbons (Fsp3) is 0.750. The van der Waals surface area contributed by atoms with Gasteiger partial charge < -0.3 is 5.32 Å². The number of hydrogen-bond donors (Lipinski definition) is 1. The quantitative estimate of drug-likeness (QED) is 0.816. The van der Waals surface area contributed by atoms with Crippen LogP contribution >= 0.6 is 11.8 Å². The summed E-state index contributed by atoms with van der Waals surface area (Å²) in [4.78, 5) is 0. The lowest BCUT2D eigenvalue weighted by Crippen LogP contribution is -2.19. The summed E-state index contributed by atoms with van der Waals surface area (Å²) in [6, 6.07) is 0. The highest BCUT2D eigenvalue weighted by Gasteiger charge is 2.30. The maximum atomic E-state index is 4.61. The first-order chi connectivity index (χ1) is 7.38. The van der Waals surface area contributed by atoms with Crippen LogP contribution in [0, 0.1) is 0 Å². The van der Waals surface area contributed by atoms with Gasteiger partial charge in [0.05, 0.1) is 11.1 Å². The molecule has 1 N–H and O–H groups in total. The third-order valence-electron chi connectivity index (χ3n) is 2.81. The third kappa shape index (κ3) is 2.28. The van der Waals surface area contributed by atoms with Crippen LogP contribution < -0.4 is 5.32 Å². The Labute approximate surface area is 102 Å². The topological polar surface area (TPSA) is 29.9 Å². The third-order valence-corrected chi connectivity index (χ3v) is 4.13. The number of nitrogens with zero attached hydrogens (tertiary/aromatic N) is 2. The van der Waals surface area contributed by atoms with Gasteiger partial charge >= 0.3 is 0 Å². The molecule has 1 aromatic heterocycles. The predicted octanol–water partition coefficient (Wildman–Crippen LogP) is 2.44. The minimum absolute atomic E-state index is 0.116. The van der Waals surface area contributed by atoms with Crippen LogP contribution in [0.15, 0.2) is 6.20 Å². The molecule has 2 heterocycles. The van der Waals surface area contributed by atoms with E-state index in [0.29, 0.717) is 10.6 Å². The summed E-state index contributed by atoms with van der Waals surface area (Å²) < 4.78 is 1.93. The molecule has 0 bridgehead atoms. The molecule has 1 aliphatic heterocycles. The lowest BCUT2D eigenvalue weighted by atomic mass is 9.89. The van der Waals surface area contributed by atoms with Crippen molar-refractivity contribution < 1.29 is 0 Å². The zero-order valence-electron chi connectivity index (χ0n) is 10.7. The average Bonchev–Trinajstić information content (AvgIpc) is 2.70. The van der Waals surface area contributed by atoms with E-state index in [1.54, 1.807) is 0 Å². The van der Waals surface area contributed by atoms with Crippen LogP contribution in [0.3, 0.4) is 0 Å². The van der Waals surface area contributed by atoms with Gasteiger partial charge in [-0.05, 0) is 0 Å². The van der Waals surface area contributed by atoms with Gasteiger partial charge in [0.2, 0.25) is 0 Å². The van der Waals surface area contributed by atoms with E-state index < -0.39 is 0 Å². The highest BCUT2D eigenvalue weighted by Crippen LogP contribution is 2.38. The van der Waals surface area contributed by atoms with Gasteiger partial charge in [-0.1, -0.05) is 27.7 Å². The van der Waals surface area contributed by atoms with Crippen LogP contribution in [0.25, 0.3) is 0 Å². The summed E-state index contributed by atoms with van der Waals surface area (Å²) in [6.07, 6.45) is 2.16. The van der Waals surface area contributed by atoms with E-state index >= 15 is 0 Å². The Morgan fingerprint density at radius 3 is 2.69 bits per heavy atom. The summed E-state index contributed by atoms with van der Waals surface area (Å²) in [5, 5.41) is 9.28. The molecule has 0 saturated carbocycles. The molecule has 1 aliphatic rings. The summed E-state index contributed by atoms with van der Waals surface area (Å²) in [7, 11) is 2.00. The molecule has 3 nitrogen and oxygen atoms in total. The number of aryl methyl sites for hydroxylation is 1. The number of aromatic nitrogens is 2. The minimum atomic E-state index is 0.116. The molecular weight excluding hydrogens is 218 g/mol. The fourth-order valence-corrected chi connectivity index (χ4v) is 3.24. The normalized spacial score (nSPS) is 26.3. The molecule has 0 amide bonds. The van der Waals surface area contributed by atoms with Gasteiger partial charge in [0.1, 0.15) is 0 Å². The van der Waals surface area contributed by atoms with E-state index in [-0.39, 0.29) is 5.41 Å². The Hall–Kier alpha value is -0.480. The molecule has 2 atom stereocenters. The highest BCUT2D eigenvalue weighted by atomic mass is 32.2. The number of rotatable bonds is 1. The molecule has 0 radical (unpaired) electrons. The molecule has 2 rings (SSSR count). The molecule has 1 saturated heterocycles. The predicted molar refractivity (Wildman–Crippen MR) is 69.7 cm³/mol. The monoisotopic (exact) mass is 239 g/mol. The van der Waals surface area contributed by atoms with Crippen LogP contribution in [-0.4, -0.2) is 21.6 Å². The first-order valence-electron chi connectivity index (χ1n) is 5.81. The van der Waals surface area contributed by atoms with Crippen molar-refractivity contribution in [1.29, 1.82) is 0 Å². The van der Waals surface area contributed by atoms with Gasteiger partial charge in [-0.15, -0.1) is 11.8 Å². The summed E-state index contributed by atoms with van der Waals surface area (Å²) in [5.74, 6) is 0. The molecule has 0 spiro atoms. The van der Waals surface area contributed by atoms with E-state index in [2.05, 4.69) is 44.3 Å². The van der Waals surface area contributed by atoms with E-state index in [9.17, 15) is 0 Å². The van der Waals surface area contributed by atoms with Crippen molar-refractivity contribution in [2.45, 2.75) is 43.7 Å². The van der Waals surface area contributed by atoms with Crippen molar-refractivity contribution in [1.82, 2.24) is 15.1 Å². The fourth-order valence-electron chi connectivity index (χ4n) is 2.07. The second-order valence-electron chi connectivity index (χ2n) is 5.59. The van der Waals surface area contributed by atoms with Crippen molar-refractivity contribution in [3.63, 3.8) is 0 Å². The van der Waals surface area contributed by atoms with Crippen LogP contribution in [0.1, 0.15) is 44.3 Å². The average molecular weight is 239 g/mol. The van der Waals surface area contributed by atoms with Gasteiger partial charge in [-0.3, -0.25) is 4.68 Å². The standard InChI is InChI=1S/C12H21N3S/c1-8-6-13-11(16-8)9-7-15(5)14-10(9)12(2,3)4/h7-8,11,13H,6H2,1-5H3. The van der Waals surface area contributed by atoms with Gasteiger partial charge in [0, 0.05) is 36.0 Å². The summed E-state index contributed by atoms with van der Waals surface area (Å²) in [5.41, 5.74) is 2.68. The SMILES string of the molecule is CC1CNC(c2cn(C)nc2C(C)(C)C)S1. The Kier molecular flexibility index (Phi) is 3.05. The van der Waals surface area contributed by atoms with E-state index in [0.717, 1.165) is 6.54 Å².